The van der Waals surface area contributed by atoms with Crippen LogP contribution >= 0.6 is 11.3 Å². The van der Waals surface area contributed by atoms with E-state index in [0.29, 0.717) is 23.0 Å². The summed E-state index contributed by atoms with van der Waals surface area (Å²) < 4.78 is 1.38. The zero-order valence-electron chi connectivity index (χ0n) is 14.0. The van der Waals surface area contributed by atoms with Crippen LogP contribution in [0.1, 0.15) is 41.9 Å². The molecule has 0 N–H and O–H groups in total. The summed E-state index contributed by atoms with van der Waals surface area (Å²) in [6, 6.07) is 9.43. The van der Waals surface area contributed by atoms with Crippen molar-refractivity contribution in [3.8, 4) is 0 Å². The standard InChI is InChI=1S/C19H19N3O2S/c1-2-22-18(23)15-7-4-3-6-14(15)17(20-22)19(24)21-10-5-8-16(21)13-9-11-25-12-13/h3-4,6-7,9,11-12,16H,2,5,8,10H2,1H3. The van der Waals surface area contributed by atoms with Crippen LogP contribution < -0.4 is 5.56 Å². The maximum atomic E-state index is 13.3. The van der Waals surface area contributed by atoms with Crippen LogP contribution in [0.4, 0.5) is 0 Å². The Bertz CT molecular complexity index is 978. The first-order chi connectivity index (χ1) is 12.2. The van der Waals surface area contributed by atoms with Gasteiger partial charge in [-0.3, -0.25) is 9.59 Å². The highest BCUT2D eigenvalue weighted by Crippen LogP contribution is 2.34. The van der Waals surface area contributed by atoms with E-state index in [1.165, 1.54) is 10.2 Å². The zero-order chi connectivity index (χ0) is 17.4. The number of carbonyl (C=O) groups is 1. The maximum absolute atomic E-state index is 13.3. The normalized spacial score (nSPS) is 17.3. The smallest absolute Gasteiger partial charge is 0.275 e. The number of likely N-dealkylation sites (tertiary alicyclic amines) is 1. The van der Waals surface area contributed by atoms with Crippen molar-refractivity contribution in [1.82, 2.24) is 14.7 Å². The van der Waals surface area contributed by atoms with Gasteiger partial charge in [0.05, 0.1) is 11.4 Å². The fraction of sp³-hybridized carbons (Fsp3) is 0.316. The zero-order valence-corrected chi connectivity index (χ0v) is 14.8. The van der Waals surface area contributed by atoms with Crippen molar-refractivity contribution in [2.24, 2.45) is 0 Å². The molecule has 0 radical (unpaired) electrons. The van der Waals surface area contributed by atoms with E-state index < -0.39 is 0 Å². The first-order valence-corrected chi connectivity index (χ1v) is 9.48. The highest BCUT2D eigenvalue weighted by atomic mass is 32.1. The highest BCUT2D eigenvalue weighted by molar-refractivity contribution is 7.08. The SMILES string of the molecule is CCn1nc(C(=O)N2CCCC2c2ccsc2)c2ccccc2c1=O. The Labute approximate surface area is 149 Å². The molecule has 1 amide bonds. The molecule has 3 aromatic rings. The van der Waals surface area contributed by atoms with Gasteiger partial charge < -0.3 is 4.90 Å². The molecule has 5 nitrogen and oxygen atoms in total. The number of hydrogen-bond donors (Lipinski definition) is 0. The molecule has 0 bridgehead atoms. The van der Waals surface area contributed by atoms with Crippen LogP contribution in [0.2, 0.25) is 0 Å². The maximum Gasteiger partial charge on any atom is 0.275 e. The lowest BCUT2D eigenvalue weighted by Crippen LogP contribution is -2.34. The topological polar surface area (TPSA) is 55.2 Å². The van der Waals surface area contributed by atoms with Gasteiger partial charge in [0.25, 0.3) is 11.5 Å². The van der Waals surface area contributed by atoms with Gasteiger partial charge in [-0.2, -0.15) is 16.4 Å². The molecule has 25 heavy (non-hydrogen) atoms. The van der Waals surface area contributed by atoms with E-state index in [0.717, 1.165) is 19.4 Å². The summed E-state index contributed by atoms with van der Waals surface area (Å²) in [5.41, 5.74) is 1.41. The van der Waals surface area contributed by atoms with E-state index in [2.05, 4.69) is 16.5 Å². The van der Waals surface area contributed by atoms with Crippen LogP contribution in [-0.4, -0.2) is 27.1 Å². The van der Waals surface area contributed by atoms with Crippen molar-refractivity contribution >= 4 is 28.0 Å². The van der Waals surface area contributed by atoms with Crippen molar-refractivity contribution in [1.29, 1.82) is 0 Å². The summed E-state index contributed by atoms with van der Waals surface area (Å²) in [5, 5.41) is 9.73. The number of amides is 1. The lowest BCUT2D eigenvalue weighted by atomic mass is 10.1. The first-order valence-electron chi connectivity index (χ1n) is 8.53. The van der Waals surface area contributed by atoms with Gasteiger partial charge in [-0.1, -0.05) is 18.2 Å². The Balaban J connectivity index is 1.82. The van der Waals surface area contributed by atoms with Gasteiger partial charge >= 0.3 is 0 Å². The predicted octanol–water partition coefficient (Wildman–Crippen LogP) is 3.46. The van der Waals surface area contributed by atoms with Gasteiger partial charge in [0, 0.05) is 18.5 Å². The molecule has 1 aliphatic heterocycles. The van der Waals surface area contributed by atoms with E-state index in [-0.39, 0.29) is 17.5 Å². The molecular formula is C19H19N3O2S. The Morgan fingerprint density at radius 3 is 2.80 bits per heavy atom. The summed E-state index contributed by atoms with van der Waals surface area (Å²) in [7, 11) is 0. The predicted molar refractivity (Wildman–Crippen MR) is 99.0 cm³/mol. The van der Waals surface area contributed by atoms with Crippen molar-refractivity contribution < 1.29 is 4.79 Å². The molecule has 128 valence electrons. The average Bonchev–Trinajstić information content (AvgIpc) is 3.33. The number of aryl methyl sites for hydroxylation is 1. The van der Waals surface area contributed by atoms with Crippen LogP contribution in [-0.2, 0) is 6.54 Å². The molecule has 4 rings (SSSR count). The van der Waals surface area contributed by atoms with Crippen molar-refractivity contribution in [3.63, 3.8) is 0 Å². The third-order valence-electron chi connectivity index (χ3n) is 4.81. The van der Waals surface area contributed by atoms with Gasteiger partial charge in [0.1, 0.15) is 0 Å². The summed E-state index contributed by atoms with van der Waals surface area (Å²) >= 11 is 1.65. The highest BCUT2D eigenvalue weighted by Gasteiger charge is 2.32. The molecular weight excluding hydrogens is 334 g/mol. The van der Waals surface area contributed by atoms with Crippen LogP contribution in [0.3, 0.4) is 0 Å². The van der Waals surface area contributed by atoms with E-state index in [9.17, 15) is 9.59 Å². The van der Waals surface area contributed by atoms with Gasteiger partial charge in [0.2, 0.25) is 0 Å². The lowest BCUT2D eigenvalue weighted by Gasteiger charge is -2.24. The number of nitrogens with zero attached hydrogens (tertiary/aromatic N) is 3. The fourth-order valence-corrected chi connectivity index (χ4v) is 4.27. The number of fused-ring (bicyclic) bond motifs is 1. The molecule has 1 aromatic carbocycles. The monoisotopic (exact) mass is 353 g/mol. The first kappa shape index (κ1) is 16.0. The molecule has 3 heterocycles. The minimum absolute atomic E-state index is 0.0906. The van der Waals surface area contributed by atoms with Gasteiger partial charge in [0.15, 0.2) is 5.69 Å². The minimum Gasteiger partial charge on any atom is -0.330 e. The fourth-order valence-electron chi connectivity index (χ4n) is 3.56. The van der Waals surface area contributed by atoms with Crippen LogP contribution in [0, 0.1) is 0 Å². The van der Waals surface area contributed by atoms with E-state index in [4.69, 9.17) is 0 Å². The second-order valence-corrected chi connectivity index (χ2v) is 7.01. The van der Waals surface area contributed by atoms with Crippen LogP contribution in [0.5, 0.6) is 0 Å². The number of rotatable bonds is 3. The summed E-state index contributed by atoms with van der Waals surface area (Å²) in [6.07, 6.45) is 1.95. The van der Waals surface area contributed by atoms with Crippen LogP contribution in [0.25, 0.3) is 10.8 Å². The third-order valence-corrected chi connectivity index (χ3v) is 5.51. The van der Waals surface area contributed by atoms with E-state index in [1.807, 2.05) is 35.4 Å². The molecule has 0 aliphatic carbocycles. The van der Waals surface area contributed by atoms with Crippen molar-refractivity contribution in [3.05, 3.63) is 62.7 Å². The molecule has 0 spiro atoms. The summed E-state index contributed by atoms with van der Waals surface area (Å²) in [5.74, 6) is -0.0906. The minimum atomic E-state index is -0.148. The number of aromatic nitrogens is 2. The van der Waals surface area contributed by atoms with E-state index >= 15 is 0 Å². The Morgan fingerprint density at radius 2 is 2.08 bits per heavy atom. The molecule has 1 atom stereocenters. The summed E-state index contributed by atoms with van der Waals surface area (Å²) in [4.78, 5) is 27.7. The van der Waals surface area contributed by atoms with Crippen molar-refractivity contribution in [2.75, 3.05) is 6.54 Å². The molecule has 1 unspecified atom stereocenters. The second kappa shape index (κ2) is 6.44. The largest absolute Gasteiger partial charge is 0.330 e. The summed E-state index contributed by atoms with van der Waals surface area (Å²) in [6.45, 7) is 3.03. The Hall–Kier alpha value is -2.47. The Morgan fingerprint density at radius 1 is 1.28 bits per heavy atom. The van der Waals surface area contributed by atoms with E-state index in [1.54, 1.807) is 17.4 Å². The number of carbonyl (C=O) groups excluding carboxylic acids is 1. The average molecular weight is 353 g/mol. The quantitative estimate of drug-likeness (QED) is 0.725. The molecule has 2 aromatic heterocycles. The van der Waals surface area contributed by atoms with Crippen LogP contribution in [0.15, 0.2) is 45.9 Å². The molecule has 1 aliphatic rings. The third kappa shape index (κ3) is 2.66. The molecule has 6 heteroatoms. The Kier molecular flexibility index (Phi) is 4.13. The number of benzene rings is 1. The molecule has 1 fully saturated rings. The lowest BCUT2D eigenvalue weighted by molar-refractivity contribution is 0.0729. The number of thiophene rings is 1. The van der Waals surface area contributed by atoms with Gasteiger partial charge in [-0.05, 0) is 48.2 Å². The number of hydrogen-bond acceptors (Lipinski definition) is 4. The molecule has 1 saturated heterocycles. The van der Waals surface area contributed by atoms with Gasteiger partial charge in [-0.25, -0.2) is 4.68 Å². The second-order valence-electron chi connectivity index (χ2n) is 6.23. The van der Waals surface area contributed by atoms with Crippen molar-refractivity contribution in [2.45, 2.75) is 32.4 Å². The van der Waals surface area contributed by atoms with Gasteiger partial charge in [-0.15, -0.1) is 0 Å². The molecule has 0 saturated carbocycles.